The number of nitrogens with one attached hydrogen (secondary N) is 3. The van der Waals surface area contributed by atoms with Crippen molar-refractivity contribution in [2.45, 2.75) is 122 Å². The maximum absolute atomic E-state index is 14.2. The number of methoxy groups -OCH3 is 1. The van der Waals surface area contributed by atoms with Gasteiger partial charge in [0.1, 0.15) is 11.0 Å². The fourth-order valence-electron chi connectivity index (χ4n) is 7.14. The van der Waals surface area contributed by atoms with Gasteiger partial charge in [0.2, 0.25) is 23.6 Å². The zero-order valence-corrected chi connectivity index (χ0v) is 32.2. The second kappa shape index (κ2) is 19.9. The Morgan fingerprint density at radius 2 is 1.80 bits per heavy atom. The highest BCUT2D eigenvalue weighted by Gasteiger charge is 2.45. The molecule has 4 amide bonds. The van der Waals surface area contributed by atoms with Crippen LogP contribution in [-0.4, -0.2) is 90.0 Å². The van der Waals surface area contributed by atoms with Gasteiger partial charge < -0.3 is 25.2 Å². The zero-order valence-electron chi connectivity index (χ0n) is 31.4. The highest BCUT2D eigenvalue weighted by molar-refractivity contribution is 7.09. The molecule has 3 rings (SSSR count). The van der Waals surface area contributed by atoms with Crippen molar-refractivity contribution >= 4 is 35.0 Å². The summed E-state index contributed by atoms with van der Waals surface area (Å²) in [6, 6.07) is 8.79. The number of hydrogen-bond donors (Lipinski definition) is 3. The molecule has 50 heavy (non-hydrogen) atoms. The van der Waals surface area contributed by atoms with Gasteiger partial charge in [-0.3, -0.25) is 24.5 Å². The molecule has 0 bridgehead atoms. The molecule has 6 unspecified atom stereocenters. The molecule has 1 aromatic heterocycles. The van der Waals surface area contributed by atoms with Crippen LogP contribution in [0.3, 0.4) is 0 Å². The lowest BCUT2D eigenvalue weighted by Crippen LogP contribution is -2.59. The Morgan fingerprint density at radius 1 is 1.08 bits per heavy atom. The third-order valence-corrected chi connectivity index (χ3v) is 10.8. The van der Waals surface area contributed by atoms with Crippen molar-refractivity contribution in [2.24, 2.45) is 11.8 Å². The van der Waals surface area contributed by atoms with Crippen LogP contribution in [0.15, 0.2) is 41.9 Å². The Labute approximate surface area is 303 Å². The van der Waals surface area contributed by atoms with Crippen LogP contribution in [0.2, 0.25) is 0 Å². The molecule has 0 saturated carbocycles. The van der Waals surface area contributed by atoms with Crippen LogP contribution in [0.4, 0.5) is 0 Å². The second-order valence-electron chi connectivity index (χ2n) is 14.1. The summed E-state index contributed by atoms with van der Waals surface area (Å²) < 4.78 is 5.94. The van der Waals surface area contributed by atoms with E-state index in [1.165, 1.54) is 11.3 Å². The van der Waals surface area contributed by atoms with E-state index >= 15 is 0 Å². The van der Waals surface area contributed by atoms with Crippen molar-refractivity contribution in [1.29, 1.82) is 0 Å². The number of thiazole rings is 1. The van der Waals surface area contributed by atoms with Gasteiger partial charge in [0.15, 0.2) is 0 Å². The molecule has 2 aromatic rings. The second-order valence-corrected chi connectivity index (χ2v) is 15.0. The topological polar surface area (TPSA) is 133 Å². The monoisotopic (exact) mass is 712 g/mol. The number of aromatic nitrogens is 1. The Hall–Kier alpha value is -3.35. The van der Waals surface area contributed by atoms with Gasteiger partial charge in [-0.25, -0.2) is 4.98 Å². The predicted molar refractivity (Wildman–Crippen MR) is 198 cm³/mol. The van der Waals surface area contributed by atoms with Crippen LogP contribution in [0.1, 0.15) is 103 Å². The summed E-state index contributed by atoms with van der Waals surface area (Å²) in [6.07, 6.45) is 6.13. The molecular weight excluding hydrogens is 653 g/mol. The van der Waals surface area contributed by atoms with Crippen molar-refractivity contribution < 1.29 is 23.9 Å². The zero-order chi connectivity index (χ0) is 36.8. The SMILES string of the molecule is CCCC(C(CC(=O)N1CCCC1(CC(C)C(=O)NC(Cc1ccccc1)c1nccs1)NC)OC)N(C)C(=O)C(CC)NC(=O)CC(C)C. The smallest absolute Gasteiger partial charge is 0.245 e. The number of amides is 4. The number of rotatable bonds is 20. The van der Waals surface area contributed by atoms with Crippen LogP contribution in [-0.2, 0) is 30.3 Å². The van der Waals surface area contributed by atoms with E-state index in [9.17, 15) is 19.2 Å². The average Bonchev–Trinajstić information content (AvgIpc) is 3.79. The van der Waals surface area contributed by atoms with Gasteiger partial charge in [0, 0.05) is 44.6 Å². The lowest BCUT2D eigenvalue weighted by molar-refractivity contribution is -0.146. The minimum atomic E-state index is -0.696. The summed E-state index contributed by atoms with van der Waals surface area (Å²) in [6.45, 7) is 10.3. The number of ether oxygens (including phenoxy) is 1. The first-order valence-corrected chi connectivity index (χ1v) is 19.1. The molecule has 1 fully saturated rings. The first-order chi connectivity index (χ1) is 23.9. The lowest BCUT2D eigenvalue weighted by atomic mass is 9.91. The predicted octanol–water partition coefficient (Wildman–Crippen LogP) is 5.08. The molecule has 1 aliphatic heterocycles. The first-order valence-electron chi connectivity index (χ1n) is 18.2. The molecule has 12 heteroatoms. The normalized spacial score (nSPS) is 19.0. The number of likely N-dealkylation sites (tertiary alicyclic amines) is 1. The summed E-state index contributed by atoms with van der Waals surface area (Å²) in [5.74, 6) is -0.703. The molecule has 1 aromatic carbocycles. The van der Waals surface area contributed by atoms with Gasteiger partial charge in [-0.2, -0.15) is 0 Å². The number of benzene rings is 1. The largest absolute Gasteiger partial charge is 0.379 e. The lowest BCUT2D eigenvalue weighted by Gasteiger charge is -2.41. The van der Waals surface area contributed by atoms with Crippen molar-refractivity contribution in [3.05, 3.63) is 52.5 Å². The van der Waals surface area contributed by atoms with E-state index in [-0.39, 0.29) is 54.0 Å². The Bertz CT molecular complexity index is 1360. The summed E-state index contributed by atoms with van der Waals surface area (Å²) >= 11 is 1.52. The first kappa shape index (κ1) is 41.1. The summed E-state index contributed by atoms with van der Waals surface area (Å²) in [4.78, 5) is 62.1. The molecule has 3 N–H and O–H groups in total. The highest BCUT2D eigenvalue weighted by Crippen LogP contribution is 2.34. The van der Waals surface area contributed by atoms with E-state index in [0.717, 1.165) is 29.8 Å². The van der Waals surface area contributed by atoms with Crippen LogP contribution in [0.5, 0.6) is 0 Å². The van der Waals surface area contributed by atoms with Gasteiger partial charge in [0.05, 0.1) is 30.3 Å². The van der Waals surface area contributed by atoms with Crippen LogP contribution < -0.4 is 16.0 Å². The molecule has 1 saturated heterocycles. The van der Waals surface area contributed by atoms with Gasteiger partial charge >= 0.3 is 0 Å². The standard InChI is InChI=1S/C38H60N6O5S/c1-9-15-31(43(7)37(48)29(10-2)41-33(45)22-26(3)4)32(49-8)24-34(46)44-20-14-18-38(44,39-6)25-27(5)35(47)42-30(36-40-19-21-50-36)23-28-16-12-11-13-17-28/h11-13,16-17,19,21,26-27,29-32,39H,9-10,14-15,18,20,22-25H2,1-8H3,(H,41,45)(H,42,47). The minimum Gasteiger partial charge on any atom is -0.379 e. The third kappa shape index (κ3) is 11.1. The summed E-state index contributed by atoms with van der Waals surface area (Å²) in [5.41, 5.74) is 0.417. The van der Waals surface area contributed by atoms with Crippen molar-refractivity contribution in [3.8, 4) is 0 Å². The fraction of sp³-hybridized carbons (Fsp3) is 0.658. The highest BCUT2D eigenvalue weighted by atomic mass is 32.1. The number of likely N-dealkylation sites (N-methyl/N-ethyl adjacent to an activating group) is 1. The molecule has 0 aliphatic carbocycles. The molecule has 278 valence electrons. The number of nitrogens with zero attached hydrogens (tertiary/aromatic N) is 3. The van der Waals surface area contributed by atoms with E-state index in [1.54, 1.807) is 25.3 Å². The number of hydrogen-bond acceptors (Lipinski definition) is 8. The summed E-state index contributed by atoms with van der Waals surface area (Å²) in [5, 5.41) is 12.4. The molecule has 0 radical (unpaired) electrons. The van der Waals surface area contributed by atoms with Gasteiger partial charge in [-0.1, -0.05) is 71.4 Å². The van der Waals surface area contributed by atoms with E-state index in [1.807, 2.05) is 82.3 Å². The average molecular weight is 713 g/mol. The molecule has 11 nitrogen and oxygen atoms in total. The van der Waals surface area contributed by atoms with Gasteiger partial charge in [0.25, 0.3) is 0 Å². The maximum atomic E-state index is 14.2. The fourth-order valence-corrected chi connectivity index (χ4v) is 7.83. The number of carbonyl (C=O) groups is 4. The van der Waals surface area contributed by atoms with Crippen LogP contribution in [0.25, 0.3) is 0 Å². The minimum absolute atomic E-state index is 0.0831. The van der Waals surface area contributed by atoms with Crippen molar-refractivity contribution in [3.63, 3.8) is 0 Å². The van der Waals surface area contributed by atoms with E-state index in [2.05, 4.69) is 20.9 Å². The van der Waals surface area contributed by atoms with Gasteiger partial charge in [-0.05, 0) is 57.1 Å². The van der Waals surface area contributed by atoms with Crippen LogP contribution >= 0.6 is 11.3 Å². The molecule has 1 aliphatic rings. The van der Waals surface area contributed by atoms with Gasteiger partial charge in [-0.15, -0.1) is 11.3 Å². The molecule has 6 atom stereocenters. The molecule has 0 spiro atoms. The van der Waals surface area contributed by atoms with E-state index in [0.29, 0.717) is 38.6 Å². The molecular formula is C38H60N6O5S. The van der Waals surface area contributed by atoms with Crippen LogP contribution in [0, 0.1) is 11.8 Å². The molecule has 2 heterocycles. The van der Waals surface area contributed by atoms with Crippen molar-refractivity contribution in [2.75, 3.05) is 27.7 Å². The third-order valence-electron chi connectivity index (χ3n) is 9.87. The Kier molecular flexibility index (Phi) is 16.3. The number of carbonyl (C=O) groups excluding carboxylic acids is 4. The quantitative estimate of drug-likeness (QED) is 0.175. The van der Waals surface area contributed by atoms with Crippen molar-refractivity contribution in [1.82, 2.24) is 30.7 Å². The van der Waals surface area contributed by atoms with E-state index < -0.39 is 17.8 Å². The maximum Gasteiger partial charge on any atom is 0.245 e. The Balaban J connectivity index is 1.72. The summed E-state index contributed by atoms with van der Waals surface area (Å²) in [7, 11) is 5.17. The van der Waals surface area contributed by atoms with E-state index in [4.69, 9.17) is 4.74 Å². The Morgan fingerprint density at radius 3 is 2.38 bits per heavy atom.